The molecule has 2 aliphatic rings. The summed E-state index contributed by atoms with van der Waals surface area (Å²) in [5.41, 5.74) is 5.90. The number of hydrogen-bond acceptors (Lipinski definition) is 4. The molecule has 1 aromatic carbocycles. The minimum Gasteiger partial charge on any atom is -0.273 e. The first-order valence-electron chi connectivity index (χ1n) is 9.08. The van der Waals surface area contributed by atoms with Crippen molar-refractivity contribution in [1.82, 2.24) is 10.3 Å². The molecule has 1 aromatic heterocycles. The van der Waals surface area contributed by atoms with E-state index in [-0.39, 0.29) is 4.90 Å². The van der Waals surface area contributed by atoms with Crippen molar-refractivity contribution in [2.45, 2.75) is 56.3 Å². The van der Waals surface area contributed by atoms with E-state index in [4.69, 9.17) is 0 Å². The Bertz CT molecular complexity index is 924. The molecular formula is C19H22N2O3S2. The van der Waals surface area contributed by atoms with E-state index in [1.54, 1.807) is 12.1 Å². The molecule has 0 spiro atoms. The van der Waals surface area contributed by atoms with E-state index in [9.17, 15) is 13.2 Å². The van der Waals surface area contributed by atoms with Crippen LogP contribution in [0.25, 0.3) is 0 Å². The van der Waals surface area contributed by atoms with Crippen LogP contribution >= 0.6 is 11.3 Å². The van der Waals surface area contributed by atoms with Gasteiger partial charge >= 0.3 is 0 Å². The number of carbonyl (C=O) groups is 1. The topological polar surface area (TPSA) is 75.3 Å². The predicted octanol–water partition coefficient (Wildman–Crippen LogP) is 3.13. The first kappa shape index (κ1) is 17.7. The molecule has 0 bridgehead atoms. The van der Waals surface area contributed by atoms with Crippen LogP contribution in [0.1, 0.15) is 56.9 Å². The van der Waals surface area contributed by atoms with E-state index in [1.807, 2.05) is 12.1 Å². The Hall–Kier alpha value is -1.70. The highest BCUT2D eigenvalue weighted by atomic mass is 32.2. The number of hydrazine groups is 1. The van der Waals surface area contributed by atoms with Crippen molar-refractivity contribution < 1.29 is 13.2 Å². The van der Waals surface area contributed by atoms with Gasteiger partial charge < -0.3 is 0 Å². The largest absolute Gasteiger partial charge is 0.276 e. The van der Waals surface area contributed by atoms with E-state index in [1.165, 1.54) is 33.8 Å². The maximum atomic E-state index is 12.5. The van der Waals surface area contributed by atoms with Gasteiger partial charge in [0.05, 0.1) is 9.77 Å². The number of sulfonamides is 1. The maximum Gasteiger partial charge on any atom is 0.276 e. The highest BCUT2D eigenvalue weighted by Crippen LogP contribution is 2.29. The fraction of sp³-hybridized carbons (Fsp3) is 0.421. The fourth-order valence-electron chi connectivity index (χ4n) is 3.73. The SMILES string of the molecule is O=C(NNS(=O)(=O)c1ccc2c(c1)CCC2)c1cc2c(s1)CCCCC2. The molecule has 0 saturated heterocycles. The van der Waals surface area contributed by atoms with Crippen LogP contribution in [0.15, 0.2) is 29.2 Å². The smallest absolute Gasteiger partial charge is 0.273 e. The number of fused-ring (bicyclic) bond motifs is 2. The number of aryl methyl sites for hydroxylation is 4. The molecule has 2 aliphatic carbocycles. The zero-order valence-corrected chi connectivity index (χ0v) is 16.1. The first-order valence-corrected chi connectivity index (χ1v) is 11.4. The van der Waals surface area contributed by atoms with Crippen LogP contribution in [0.2, 0.25) is 0 Å². The summed E-state index contributed by atoms with van der Waals surface area (Å²) in [6, 6.07) is 7.09. The molecule has 1 amide bonds. The molecule has 0 unspecified atom stereocenters. The van der Waals surface area contributed by atoms with Crippen molar-refractivity contribution >= 4 is 27.3 Å². The van der Waals surface area contributed by atoms with Crippen LogP contribution in [-0.2, 0) is 35.7 Å². The van der Waals surface area contributed by atoms with E-state index in [2.05, 4.69) is 10.3 Å². The Balaban J connectivity index is 1.45. The third-order valence-corrected chi connectivity index (χ3v) is 7.63. The molecule has 0 aliphatic heterocycles. The minimum atomic E-state index is -3.77. The third-order valence-electron chi connectivity index (χ3n) is 5.15. The van der Waals surface area contributed by atoms with Crippen molar-refractivity contribution in [3.05, 3.63) is 50.7 Å². The molecule has 4 rings (SSSR count). The van der Waals surface area contributed by atoms with E-state index in [0.29, 0.717) is 4.88 Å². The van der Waals surface area contributed by atoms with Gasteiger partial charge in [0.2, 0.25) is 0 Å². The summed E-state index contributed by atoms with van der Waals surface area (Å²) in [7, 11) is -3.77. The predicted molar refractivity (Wildman–Crippen MR) is 102 cm³/mol. The summed E-state index contributed by atoms with van der Waals surface area (Å²) in [5.74, 6) is -0.396. The molecule has 7 heteroatoms. The lowest BCUT2D eigenvalue weighted by Crippen LogP contribution is -2.41. The molecule has 0 fully saturated rings. The lowest BCUT2D eigenvalue weighted by molar-refractivity contribution is 0.0949. The average Bonchev–Trinajstić information content (AvgIpc) is 3.21. The second-order valence-electron chi connectivity index (χ2n) is 6.96. The Morgan fingerprint density at radius 3 is 2.54 bits per heavy atom. The van der Waals surface area contributed by atoms with Crippen LogP contribution in [0.3, 0.4) is 0 Å². The standard InChI is InChI=1S/C19H22N2O3S2/c22-19(18-12-15-5-2-1-3-8-17(15)25-18)20-21-26(23,24)16-10-9-13-6-4-7-14(13)11-16/h9-12,21H,1-8H2,(H,20,22). The Kier molecular flexibility index (Phi) is 4.86. The summed E-state index contributed by atoms with van der Waals surface area (Å²) in [4.78, 5) is 16.6. The van der Waals surface area contributed by atoms with E-state index in [0.717, 1.165) is 50.5 Å². The van der Waals surface area contributed by atoms with E-state index < -0.39 is 15.9 Å². The molecular weight excluding hydrogens is 368 g/mol. The minimum absolute atomic E-state index is 0.195. The van der Waals surface area contributed by atoms with Gasteiger partial charge in [0.15, 0.2) is 0 Å². The molecule has 26 heavy (non-hydrogen) atoms. The number of amides is 1. The van der Waals surface area contributed by atoms with Crippen LogP contribution in [-0.4, -0.2) is 14.3 Å². The number of rotatable bonds is 4. The Labute approximate surface area is 157 Å². The van der Waals surface area contributed by atoms with Gasteiger partial charge in [-0.2, -0.15) is 0 Å². The number of thiophene rings is 1. The van der Waals surface area contributed by atoms with Crippen molar-refractivity contribution in [2.24, 2.45) is 0 Å². The van der Waals surface area contributed by atoms with Crippen molar-refractivity contribution in [3.63, 3.8) is 0 Å². The monoisotopic (exact) mass is 390 g/mol. The first-order chi connectivity index (χ1) is 12.5. The van der Waals surface area contributed by atoms with Gasteiger partial charge in [0.1, 0.15) is 0 Å². The second kappa shape index (κ2) is 7.13. The summed E-state index contributed by atoms with van der Waals surface area (Å²) in [6.45, 7) is 0. The molecule has 2 N–H and O–H groups in total. The highest BCUT2D eigenvalue weighted by molar-refractivity contribution is 7.89. The van der Waals surface area contributed by atoms with Gasteiger partial charge in [0.25, 0.3) is 15.9 Å². The molecule has 0 atom stereocenters. The Morgan fingerprint density at radius 2 is 1.65 bits per heavy atom. The number of benzene rings is 1. The van der Waals surface area contributed by atoms with Gasteiger partial charge in [-0.25, -0.2) is 8.42 Å². The van der Waals surface area contributed by atoms with Crippen LogP contribution in [0.4, 0.5) is 0 Å². The lowest BCUT2D eigenvalue weighted by Gasteiger charge is -2.09. The van der Waals surface area contributed by atoms with Gasteiger partial charge in [-0.3, -0.25) is 10.2 Å². The van der Waals surface area contributed by atoms with Crippen molar-refractivity contribution in [3.8, 4) is 0 Å². The summed E-state index contributed by atoms with van der Waals surface area (Å²) < 4.78 is 25.0. The number of nitrogens with one attached hydrogen (secondary N) is 2. The van der Waals surface area contributed by atoms with Gasteiger partial charge in [-0.05, 0) is 79.8 Å². The van der Waals surface area contributed by atoms with Gasteiger partial charge in [0, 0.05) is 4.88 Å². The van der Waals surface area contributed by atoms with E-state index >= 15 is 0 Å². The maximum absolute atomic E-state index is 12.5. The van der Waals surface area contributed by atoms with Crippen LogP contribution in [0, 0.1) is 0 Å². The quantitative estimate of drug-likeness (QED) is 0.622. The lowest BCUT2D eigenvalue weighted by atomic mass is 10.1. The molecule has 5 nitrogen and oxygen atoms in total. The molecule has 138 valence electrons. The third kappa shape index (κ3) is 3.56. The fourth-order valence-corrected chi connectivity index (χ4v) is 5.77. The van der Waals surface area contributed by atoms with Gasteiger partial charge in [-0.1, -0.05) is 12.5 Å². The zero-order chi connectivity index (χ0) is 18.1. The van der Waals surface area contributed by atoms with Crippen molar-refractivity contribution in [2.75, 3.05) is 0 Å². The Morgan fingerprint density at radius 1 is 0.885 bits per heavy atom. The summed E-state index contributed by atoms with van der Waals surface area (Å²) in [6.07, 6.45) is 8.51. The molecule has 1 heterocycles. The van der Waals surface area contributed by atoms with Gasteiger partial charge in [-0.15, -0.1) is 16.2 Å². The summed E-state index contributed by atoms with van der Waals surface area (Å²) >= 11 is 1.47. The second-order valence-corrected chi connectivity index (χ2v) is 9.78. The molecule has 0 radical (unpaired) electrons. The van der Waals surface area contributed by atoms with Crippen LogP contribution < -0.4 is 10.3 Å². The molecule has 0 saturated carbocycles. The normalized spacial score (nSPS) is 16.6. The molecule has 2 aromatic rings. The number of hydrogen-bond donors (Lipinski definition) is 2. The van der Waals surface area contributed by atoms with Crippen LogP contribution in [0.5, 0.6) is 0 Å². The summed E-state index contributed by atoms with van der Waals surface area (Å²) in [5, 5.41) is 0. The number of carbonyl (C=O) groups excluding carboxylic acids is 1. The average molecular weight is 391 g/mol. The zero-order valence-electron chi connectivity index (χ0n) is 14.5. The highest BCUT2D eigenvalue weighted by Gasteiger charge is 2.21. The van der Waals surface area contributed by atoms with Crippen molar-refractivity contribution in [1.29, 1.82) is 0 Å².